The van der Waals surface area contributed by atoms with E-state index in [0.29, 0.717) is 6.54 Å². The van der Waals surface area contributed by atoms with Crippen LogP contribution < -0.4 is 15.8 Å². The molecule has 1 amide bonds. The van der Waals surface area contributed by atoms with Crippen molar-refractivity contribution in [2.24, 2.45) is 11.1 Å². The van der Waals surface area contributed by atoms with Crippen LogP contribution in [0.1, 0.15) is 45.2 Å². The van der Waals surface area contributed by atoms with Crippen molar-refractivity contribution in [1.29, 1.82) is 0 Å². The summed E-state index contributed by atoms with van der Waals surface area (Å²) in [6, 6.07) is 7.66. The molecule has 0 aliphatic carbocycles. The Morgan fingerprint density at radius 2 is 2.05 bits per heavy atom. The minimum atomic E-state index is -0.465. The third kappa shape index (κ3) is 3.51. The van der Waals surface area contributed by atoms with E-state index in [4.69, 9.17) is 10.5 Å². The summed E-state index contributed by atoms with van der Waals surface area (Å²) < 4.78 is 5.21. The molecule has 0 aromatic heterocycles. The monoisotopic (exact) mass is 278 g/mol. The fourth-order valence-electron chi connectivity index (χ4n) is 2.30. The molecule has 0 unspecified atom stereocenters. The van der Waals surface area contributed by atoms with Crippen molar-refractivity contribution in [2.75, 3.05) is 13.7 Å². The SMILES string of the molecule is CCC(CC)(CN)C(=O)N[C@@H](C)c1cccc(OC)c1. The highest BCUT2D eigenvalue weighted by Gasteiger charge is 2.34. The number of carbonyl (C=O) groups excluding carboxylic acids is 1. The van der Waals surface area contributed by atoms with Crippen molar-refractivity contribution in [3.63, 3.8) is 0 Å². The summed E-state index contributed by atoms with van der Waals surface area (Å²) in [7, 11) is 1.63. The average Bonchev–Trinajstić information content (AvgIpc) is 2.49. The lowest BCUT2D eigenvalue weighted by molar-refractivity contribution is -0.131. The molecular weight excluding hydrogens is 252 g/mol. The molecule has 0 saturated heterocycles. The quantitative estimate of drug-likeness (QED) is 0.806. The number of hydrogen-bond acceptors (Lipinski definition) is 3. The van der Waals surface area contributed by atoms with E-state index in [2.05, 4.69) is 5.32 Å². The van der Waals surface area contributed by atoms with Crippen LogP contribution in [0.4, 0.5) is 0 Å². The first-order chi connectivity index (χ1) is 9.52. The van der Waals surface area contributed by atoms with E-state index in [9.17, 15) is 4.79 Å². The summed E-state index contributed by atoms with van der Waals surface area (Å²) in [5, 5.41) is 3.07. The zero-order valence-electron chi connectivity index (χ0n) is 12.9. The van der Waals surface area contributed by atoms with Gasteiger partial charge in [-0.2, -0.15) is 0 Å². The normalized spacial score (nSPS) is 12.8. The fraction of sp³-hybridized carbons (Fsp3) is 0.562. The van der Waals surface area contributed by atoms with E-state index in [1.54, 1.807) is 7.11 Å². The van der Waals surface area contributed by atoms with Crippen molar-refractivity contribution in [3.8, 4) is 5.75 Å². The molecule has 4 nitrogen and oxygen atoms in total. The van der Waals surface area contributed by atoms with E-state index in [-0.39, 0.29) is 11.9 Å². The number of ether oxygens (including phenoxy) is 1. The third-order valence-corrected chi connectivity index (χ3v) is 4.17. The molecule has 1 aromatic carbocycles. The number of methoxy groups -OCH3 is 1. The molecule has 1 aromatic rings. The van der Waals surface area contributed by atoms with Crippen LogP contribution in [0.2, 0.25) is 0 Å². The molecule has 0 bridgehead atoms. The molecule has 0 radical (unpaired) electrons. The highest BCUT2D eigenvalue weighted by Crippen LogP contribution is 2.27. The van der Waals surface area contributed by atoms with Crippen LogP contribution in [0.15, 0.2) is 24.3 Å². The summed E-state index contributed by atoms with van der Waals surface area (Å²) in [5.74, 6) is 0.819. The Morgan fingerprint density at radius 3 is 2.55 bits per heavy atom. The van der Waals surface area contributed by atoms with Crippen LogP contribution in [0, 0.1) is 5.41 Å². The van der Waals surface area contributed by atoms with Crippen LogP contribution in [0.3, 0.4) is 0 Å². The maximum atomic E-state index is 12.5. The Kier molecular flexibility index (Phi) is 6.02. The first kappa shape index (κ1) is 16.5. The Bertz CT molecular complexity index is 434. The zero-order chi connectivity index (χ0) is 15.2. The van der Waals surface area contributed by atoms with Gasteiger partial charge in [-0.15, -0.1) is 0 Å². The molecule has 0 aliphatic heterocycles. The van der Waals surface area contributed by atoms with Gasteiger partial charge >= 0.3 is 0 Å². The Labute approximate surface area is 121 Å². The number of hydrogen-bond donors (Lipinski definition) is 2. The standard InChI is InChI=1S/C16H26N2O2/c1-5-16(6-2,11-17)15(19)18-12(3)13-8-7-9-14(10-13)20-4/h7-10,12H,5-6,11,17H2,1-4H3,(H,18,19)/t12-/m0/s1. The fourth-order valence-corrected chi connectivity index (χ4v) is 2.30. The lowest BCUT2D eigenvalue weighted by Crippen LogP contribution is -2.46. The van der Waals surface area contributed by atoms with Gasteiger partial charge in [-0.05, 0) is 37.5 Å². The lowest BCUT2D eigenvalue weighted by Gasteiger charge is -2.30. The Morgan fingerprint density at radius 1 is 1.40 bits per heavy atom. The number of benzene rings is 1. The second kappa shape index (κ2) is 7.29. The molecule has 4 heteroatoms. The van der Waals surface area contributed by atoms with E-state index < -0.39 is 5.41 Å². The van der Waals surface area contributed by atoms with Crippen LogP contribution in [-0.4, -0.2) is 19.6 Å². The van der Waals surface area contributed by atoms with Crippen LogP contribution >= 0.6 is 0 Å². The second-order valence-electron chi connectivity index (χ2n) is 5.16. The number of nitrogens with one attached hydrogen (secondary N) is 1. The number of rotatable bonds is 7. The molecule has 20 heavy (non-hydrogen) atoms. The first-order valence-corrected chi connectivity index (χ1v) is 7.18. The van der Waals surface area contributed by atoms with Gasteiger partial charge in [0.1, 0.15) is 5.75 Å². The van der Waals surface area contributed by atoms with Crippen molar-refractivity contribution in [1.82, 2.24) is 5.32 Å². The second-order valence-corrected chi connectivity index (χ2v) is 5.16. The highest BCUT2D eigenvalue weighted by atomic mass is 16.5. The number of carbonyl (C=O) groups is 1. The minimum absolute atomic E-state index is 0.0281. The van der Waals surface area contributed by atoms with Gasteiger partial charge in [0.25, 0.3) is 0 Å². The largest absolute Gasteiger partial charge is 0.497 e. The predicted octanol–water partition coefficient (Wildman–Crippen LogP) is 2.64. The van der Waals surface area contributed by atoms with Gasteiger partial charge < -0.3 is 15.8 Å². The van der Waals surface area contributed by atoms with Crippen LogP contribution in [0.5, 0.6) is 5.75 Å². The Balaban J connectivity index is 2.83. The van der Waals surface area contributed by atoms with Gasteiger partial charge in [0.15, 0.2) is 0 Å². The average molecular weight is 278 g/mol. The lowest BCUT2D eigenvalue weighted by atomic mass is 9.81. The molecule has 3 N–H and O–H groups in total. The highest BCUT2D eigenvalue weighted by molar-refractivity contribution is 5.83. The zero-order valence-corrected chi connectivity index (χ0v) is 12.9. The molecular formula is C16H26N2O2. The molecule has 0 saturated carbocycles. The molecule has 0 spiro atoms. The topological polar surface area (TPSA) is 64.4 Å². The number of nitrogens with two attached hydrogens (primary N) is 1. The maximum absolute atomic E-state index is 12.5. The van der Waals surface area contributed by atoms with Crippen molar-refractivity contribution in [3.05, 3.63) is 29.8 Å². The molecule has 0 heterocycles. The summed E-state index contributed by atoms with van der Waals surface area (Å²) >= 11 is 0. The van der Waals surface area contributed by atoms with E-state index in [1.807, 2.05) is 45.0 Å². The van der Waals surface area contributed by atoms with Crippen molar-refractivity contribution < 1.29 is 9.53 Å². The molecule has 112 valence electrons. The molecule has 1 rings (SSSR count). The third-order valence-electron chi connectivity index (χ3n) is 4.17. The first-order valence-electron chi connectivity index (χ1n) is 7.18. The van der Waals surface area contributed by atoms with Gasteiger partial charge in [-0.1, -0.05) is 26.0 Å². The molecule has 1 atom stereocenters. The Hall–Kier alpha value is -1.55. The maximum Gasteiger partial charge on any atom is 0.227 e. The van der Waals surface area contributed by atoms with E-state index in [0.717, 1.165) is 24.2 Å². The van der Waals surface area contributed by atoms with Gasteiger partial charge in [-0.3, -0.25) is 4.79 Å². The predicted molar refractivity (Wildman–Crippen MR) is 81.6 cm³/mol. The minimum Gasteiger partial charge on any atom is -0.497 e. The van der Waals surface area contributed by atoms with Crippen molar-refractivity contribution >= 4 is 5.91 Å². The van der Waals surface area contributed by atoms with Gasteiger partial charge in [0.05, 0.1) is 18.6 Å². The van der Waals surface area contributed by atoms with Crippen molar-refractivity contribution in [2.45, 2.75) is 39.7 Å². The summed E-state index contributed by atoms with van der Waals surface area (Å²) in [6.07, 6.45) is 1.49. The van der Waals surface area contributed by atoms with Crippen LogP contribution in [-0.2, 0) is 4.79 Å². The number of amides is 1. The summed E-state index contributed by atoms with van der Waals surface area (Å²) in [5.41, 5.74) is 6.37. The molecule has 0 aliphatic rings. The van der Waals surface area contributed by atoms with Crippen LogP contribution in [0.25, 0.3) is 0 Å². The van der Waals surface area contributed by atoms with Gasteiger partial charge in [0, 0.05) is 6.54 Å². The molecule has 0 fully saturated rings. The summed E-state index contributed by atoms with van der Waals surface area (Å²) in [6.45, 7) is 6.36. The van der Waals surface area contributed by atoms with E-state index in [1.165, 1.54) is 0 Å². The van der Waals surface area contributed by atoms with E-state index >= 15 is 0 Å². The van der Waals surface area contributed by atoms with Gasteiger partial charge in [0.2, 0.25) is 5.91 Å². The van der Waals surface area contributed by atoms with Gasteiger partial charge in [-0.25, -0.2) is 0 Å². The smallest absolute Gasteiger partial charge is 0.227 e. The summed E-state index contributed by atoms with van der Waals surface area (Å²) in [4.78, 5) is 12.5.